The Kier molecular flexibility index (Phi) is 4.99. The van der Waals surface area contributed by atoms with E-state index in [4.69, 9.17) is 11.6 Å². The molecule has 1 unspecified atom stereocenters. The zero-order chi connectivity index (χ0) is 10.4. The predicted octanol–water partition coefficient (Wildman–Crippen LogP) is 3.62. The first-order chi connectivity index (χ1) is 6.74. The van der Waals surface area contributed by atoms with Crippen LogP contribution in [0.3, 0.4) is 0 Å². The first-order valence-corrected chi connectivity index (χ1v) is 5.58. The second-order valence-electron chi connectivity index (χ2n) is 3.66. The van der Waals surface area contributed by atoms with Crippen LogP contribution in [-0.4, -0.2) is 6.04 Å². The summed E-state index contributed by atoms with van der Waals surface area (Å²) in [5.74, 6) is 0. The van der Waals surface area contributed by atoms with Crippen molar-refractivity contribution in [1.29, 1.82) is 0 Å². The van der Waals surface area contributed by atoms with Crippen molar-refractivity contribution in [3.8, 4) is 0 Å². The molecule has 14 heavy (non-hydrogen) atoms. The molecule has 0 amide bonds. The molecule has 0 fully saturated rings. The molecule has 0 spiro atoms. The van der Waals surface area contributed by atoms with E-state index in [1.807, 2.05) is 18.2 Å². The molecule has 78 valence electrons. The number of halogens is 1. The summed E-state index contributed by atoms with van der Waals surface area (Å²) in [6, 6.07) is 8.54. The van der Waals surface area contributed by atoms with Crippen LogP contribution in [0.5, 0.6) is 0 Å². The van der Waals surface area contributed by atoms with Crippen molar-refractivity contribution in [1.82, 2.24) is 5.32 Å². The van der Waals surface area contributed by atoms with E-state index in [1.54, 1.807) is 0 Å². The second-order valence-corrected chi connectivity index (χ2v) is 4.07. The third kappa shape index (κ3) is 3.69. The lowest BCUT2D eigenvalue weighted by atomic mass is 10.1. The number of hydrogen-bond acceptors (Lipinski definition) is 1. The molecule has 0 bridgehead atoms. The molecule has 1 N–H and O–H groups in total. The number of rotatable bonds is 5. The molecule has 1 atom stereocenters. The molecule has 0 saturated carbocycles. The van der Waals surface area contributed by atoms with Crippen LogP contribution in [-0.2, 0) is 6.54 Å². The predicted molar refractivity (Wildman–Crippen MR) is 62.7 cm³/mol. The summed E-state index contributed by atoms with van der Waals surface area (Å²) in [6.07, 6.45) is 2.43. The van der Waals surface area contributed by atoms with Crippen molar-refractivity contribution in [2.75, 3.05) is 0 Å². The maximum absolute atomic E-state index is 6.04. The van der Waals surface area contributed by atoms with Crippen LogP contribution in [0.25, 0.3) is 0 Å². The van der Waals surface area contributed by atoms with Crippen LogP contribution < -0.4 is 5.32 Å². The van der Waals surface area contributed by atoms with Gasteiger partial charge in [0, 0.05) is 17.6 Å². The van der Waals surface area contributed by atoms with Crippen LogP contribution in [0.1, 0.15) is 32.3 Å². The summed E-state index contributed by atoms with van der Waals surface area (Å²) in [4.78, 5) is 0. The Morgan fingerprint density at radius 2 is 2.07 bits per heavy atom. The van der Waals surface area contributed by atoms with Gasteiger partial charge in [-0.2, -0.15) is 0 Å². The lowest BCUT2D eigenvalue weighted by molar-refractivity contribution is 0.508. The molecular weight excluding hydrogens is 194 g/mol. The van der Waals surface area contributed by atoms with Crippen LogP contribution in [0.15, 0.2) is 24.3 Å². The quantitative estimate of drug-likeness (QED) is 0.785. The summed E-state index contributed by atoms with van der Waals surface area (Å²) in [5.41, 5.74) is 1.18. The van der Waals surface area contributed by atoms with E-state index in [9.17, 15) is 0 Å². The fraction of sp³-hybridized carbons (Fsp3) is 0.500. The molecule has 1 rings (SSSR count). The van der Waals surface area contributed by atoms with Crippen molar-refractivity contribution >= 4 is 11.6 Å². The normalized spacial score (nSPS) is 12.8. The number of hydrogen-bond donors (Lipinski definition) is 1. The molecule has 1 aromatic carbocycles. The van der Waals surface area contributed by atoms with Gasteiger partial charge >= 0.3 is 0 Å². The minimum Gasteiger partial charge on any atom is -0.310 e. The van der Waals surface area contributed by atoms with Crippen LogP contribution in [0, 0.1) is 0 Å². The van der Waals surface area contributed by atoms with Gasteiger partial charge in [0.2, 0.25) is 0 Å². The molecule has 1 aromatic rings. The number of benzene rings is 1. The average molecular weight is 212 g/mol. The summed E-state index contributed by atoms with van der Waals surface area (Å²) < 4.78 is 0. The van der Waals surface area contributed by atoms with Gasteiger partial charge in [-0.25, -0.2) is 0 Å². The Labute approximate surface area is 91.5 Å². The van der Waals surface area contributed by atoms with Gasteiger partial charge in [-0.1, -0.05) is 43.1 Å². The third-order valence-corrected chi connectivity index (χ3v) is 2.69. The van der Waals surface area contributed by atoms with Crippen LogP contribution in [0.4, 0.5) is 0 Å². The summed E-state index contributed by atoms with van der Waals surface area (Å²) >= 11 is 6.04. The third-order valence-electron chi connectivity index (χ3n) is 2.32. The fourth-order valence-corrected chi connectivity index (χ4v) is 1.66. The van der Waals surface area contributed by atoms with Gasteiger partial charge in [0.1, 0.15) is 0 Å². The maximum Gasteiger partial charge on any atom is 0.0450 e. The largest absolute Gasteiger partial charge is 0.310 e. The summed E-state index contributed by atoms with van der Waals surface area (Å²) in [7, 11) is 0. The van der Waals surface area contributed by atoms with Gasteiger partial charge in [0.15, 0.2) is 0 Å². The van der Waals surface area contributed by atoms with Crippen molar-refractivity contribution in [3.63, 3.8) is 0 Å². The average Bonchev–Trinajstić information content (AvgIpc) is 2.17. The lowest BCUT2D eigenvalue weighted by Gasteiger charge is -2.13. The van der Waals surface area contributed by atoms with Crippen molar-refractivity contribution < 1.29 is 0 Å². The van der Waals surface area contributed by atoms with E-state index < -0.39 is 0 Å². The molecule has 0 heterocycles. The Morgan fingerprint density at radius 1 is 1.36 bits per heavy atom. The number of nitrogens with one attached hydrogen (secondary N) is 1. The monoisotopic (exact) mass is 211 g/mol. The van der Waals surface area contributed by atoms with Crippen LogP contribution >= 0.6 is 11.6 Å². The Hall–Kier alpha value is -0.530. The topological polar surface area (TPSA) is 12.0 Å². The second kappa shape index (κ2) is 6.05. The molecule has 0 aliphatic rings. The first kappa shape index (κ1) is 11.5. The Morgan fingerprint density at radius 3 is 2.71 bits per heavy atom. The molecule has 2 heteroatoms. The van der Waals surface area contributed by atoms with Gasteiger partial charge in [-0.3, -0.25) is 0 Å². The molecule has 1 nitrogen and oxygen atoms in total. The van der Waals surface area contributed by atoms with E-state index in [2.05, 4.69) is 25.2 Å². The van der Waals surface area contributed by atoms with E-state index in [-0.39, 0.29) is 0 Å². The van der Waals surface area contributed by atoms with Gasteiger partial charge in [0.05, 0.1) is 0 Å². The highest BCUT2D eigenvalue weighted by Crippen LogP contribution is 2.14. The van der Waals surface area contributed by atoms with E-state index in [1.165, 1.54) is 18.4 Å². The zero-order valence-electron chi connectivity index (χ0n) is 8.89. The minimum atomic E-state index is 0.566. The highest BCUT2D eigenvalue weighted by atomic mass is 35.5. The van der Waals surface area contributed by atoms with Gasteiger partial charge in [-0.15, -0.1) is 0 Å². The smallest absolute Gasteiger partial charge is 0.0450 e. The van der Waals surface area contributed by atoms with Crippen molar-refractivity contribution in [2.24, 2.45) is 0 Å². The fourth-order valence-electron chi connectivity index (χ4n) is 1.46. The Bertz CT molecular complexity index is 273. The van der Waals surface area contributed by atoms with E-state index in [0.29, 0.717) is 6.04 Å². The SMILES string of the molecule is CCCC(C)NCc1ccccc1Cl. The van der Waals surface area contributed by atoms with Gasteiger partial charge in [0.25, 0.3) is 0 Å². The molecule has 0 aliphatic heterocycles. The highest BCUT2D eigenvalue weighted by molar-refractivity contribution is 6.31. The molecule has 0 radical (unpaired) electrons. The summed E-state index contributed by atoms with van der Waals surface area (Å²) in [6.45, 7) is 5.27. The van der Waals surface area contributed by atoms with Crippen LogP contribution in [0.2, 0.25) is 5.02 Å². The van der Waals surface area contributed by atoms with E-state index >= 15 is 0 Å². The minimum absolute atomic E-state index is 0.566. The maximum atomic E-state index is 6.04. The Balaban J connectivity index is 2.41. The van der Waals surface area contributed by atoms with Gasteiger partial charge in [-0.05, 0) is 25.0 Å². The zero-order valence-corrected chi connectivity index (χ0v) is 9.64. The lowest BCUT2D eigenvalue weighted by Crippen LogP contribution is -2.25. The molecule has 0 saturated heterocycles. The molecule has 0 aromatic heterocycles. The van der Waals surface area contributed by atoms with Gasteiger partial charge < -0.3 is 5.32 Å². The first-order valence-electron chi connectivity index (χ1n) is 5.20. The molecular formula is C12H18ClN. The van der Waals surface area contributed by atoms with Crippen molar-refractivity contribution in [2.45, 2.75) is 39.3 Å². The highest BCUT2D eigenvalue weighted by Gasteiger charge is 2.01. The molecule has 0 aliphatic carbocycles. The van der Waals surface area contributed by atoms with E-state index in [0.717, 1.165) is 11.6 Å². The standard InChI is InChI=1S/C12H18ClN/c1-3-6-10(2)14-9-11-7-4-5-8-12(11)13/h4-5,7-8,10,14H,3,6,9H2,1-2H3. The van der Waals surface area contributed by atoms with Crippen molar-refractivity contribution in [3.05, 3.63) is 34.9 Å². The summed E-state index contributed by atoms with van der Waals surface area (Å²) in [5, 5.41) is 4.31.